The van der Waals surface area contributed by atoms with E-state index in [9.17, 15) is 0 Å². The zero-order valence-electron chi connectivity index (χ0n) is 26.5. The molecular weight excluding hydrogens is 661 g/mol. The van der Waals surface area contributed by atoms with Crippen LogP contribution in [0.1, 0.15) is 0 Å². The molecule has 0 N–H and O–H groups in total. The average molecular weight is 691 g/mol. The van der Waals surface area contributed by atoms with E-state index in [1.165, 1.54) is 37.9 Å². The van der Waals surface area contributed by atoms with Crippen LogP contribution < -0.4 is 4.46 Å². The van der Waals surface area contributed by atoms with Crippen LogP contribution in [0.5, 0.6) is 0 Å². The first-order chi connectivity index (χ1) is 24.2. The molecule has 1 heterocycles. The van der Waals surface area contributed by atoms with Crippen molar-refractivity contribution in [2.24, 2.45) is 0 Å². The van der Waals surface area contributed by atoms with Gasteiger partial charge in [0.1, 0.15) is 0 Å². The van der Waals surface area contributed by atoms with E-state index in [2.05, 4.69) is 125 Å². The number of nitrogens with zero attached hydrogens (tertiary/aromatic N) is 3. The second-order valence-corrected chi connectivity index (χ2v) is 13.2. The first-order valence-corrected chi connectivity index (χ1v) is 17.3. The summed E-state index contributed by atoms with van der Waals surface area (Å²) in [6, 6.07) is 59.8. The van der Waals surface area contributed by atoms with Gasteiger partial charge in [0.15, 0.2) is 0 Å². The molecular formula is C45H29N3Se. The zero-order chi connectivity index (χ0) is 32.7. The number of benzene rings is 8. The van der Waals surface area contributed by atoms with E-state index in [1.807, 2.05) is 60.7 Å². The summed E-state index contributed by atoms with van der Waals surface area (Å²) in [4.78, 5) is 15.0. The number of rotatable bonds is 5. The molecule has 0 radical (unpaired) electrons. The Balaban J connectivity index is 1.17. The summed E-state index contributed by atoms with van der Waals surface area (Å²) in [6.07, 6.45) is 0. The Bertz CT molecular complexity index is 2610. The predicted octanol–water partition coefficient (Wildman–Crippen LogP) is 10.2. The van der Waals surface area contributed by atoms with Crippen LogP contribution in [0.4, 0.5) is 0 Å². The minimum absolute atomic E-state index is 0.645. The number of hydrogen-bond acceptors (Lipinski definition) is 3. The maximum atomic E-state index is 5.06. The summed E-state index contributed by atoms with van der Waals surface area (Å²) in [6.45, 7) is 0. The van der Waals surface area contributed by atoms with E-state index in [4.69, 9.17) is 15.0 Å². The van der Waals surface area contributed by atoms with Gasteiger partial charge in [-0.2, -0.15) is 0 Å². The maximum absolute atomic E-state index is 5.06. The number of aromatic nitrogens is 3. The summed E-state index contributed by atoms with van der Waals surface area (Å²) in [5.74, 6) is 1.94. The second kappa shape index (κ2) is 12.3. The molecule has 230 valence electrons. The van der Waals surface area contributed by atoms with Crippen molar-refractivity contribution in [3.63, 3.8) is 0 Å². The summed E-state index contributed by atoms with van der Waals surface area (Å²) in [5, 5.41) is 7.61. The molecule has 9 rings (SSSR count). The molecule has 0 fully saturated rings. The van der Waals surface area contributed by atoms with Gasteiger partial charge in [-0.05, 0) is 5.39 Å². The molecule has 0 amide bonds. The van der Waals surface area contributed by atoms with E-state index >= 15 is 0 Å². The predicted molar refractivity (Wildman–Crippen MR) is 206 cm³/mol. The molecule has 0 saturated heterocycles. The van der Waals surface area contributed by atoms with Crippen LogP contribution in [0.3, 0.4) is 0 Å². The fourth-order valence-electron chi connectivity index (χ4n) is 6.82. The standard InChI is InChI=1S/C45H29N3Se/c49-41-20-10-19-40(45-47-43(30-12-3-1-4-13-30)46-44(48-45)31-14-5-2-6-15-31)42(41)35-17-9-16-32(28-35)33-22-24-37-34(27-33)23-26-38-36-18-8-7-11-29(36)21-25-39(37)38/h1-28,49H. The SMILES string of the molecule is [SeH]c1cccc(-c2nc(-c3ccccc3)nc(-c3ccccc3)n2)c1-c1cccc(-c2ccc3c(ccc4c5ccccc5ccc34)c2)c1. The molecule has 0 spiro atoms. The Labute approximate surface area is 292 Å². The van der Waals surface area contributed by atoms with Gasteiger partial charge in [0.25, 0.3) is 0 Å². The topological polar surface area (TPSA) is 38.7 Å². The second-order valence-electron chi connectivity index (χ2n) is 12.2. The van der Waals surface area contributed by atoms with E-state index in [-0.39, 0.29) is 0 Å². The van der Waals surface area contributed by atoms with Crippen molar-refractivity contribution in [3.05, 3.63) is 170 Å². The average Bonchev–Trinajstić information content (AvgIpc) is 3.18. The van der Waals surface area contributed by atoms with E-state index < -0.39 is 0 Å². The summed E-state index contributed by atoms with van der Waals surface area (Å²) < 4.78 is 1.10. The molecule has 3 nitrogen and oxygen atoms in total. The van der Waals surface area contributed by atoms with Crippen molar-refractivity contribution >= 4 is 52.8 Å². The van der Waals surface area contributed by atoms with Gasteiger partial charge >= 0.3 is 264 Å². The zero-order valence-corrected chi connectivity index (χ0v) is 28.3. The molecule has 0 aliphatic carbocycles. The van der Waals surface area contributed by atoms with Crippen molar-refractivity contribution in [3.8, 4) is 56.4 Å². The van der Waals surface area contributed by atoms with Crippen molar-refractivity contribution in [1.82, 2.24) is 15.0 Å². The van der Waals surface area contributed by atoms with E-state index in [0.29, 0.717) is 17.5 Å². The minimum atomic E-state index is 0.645. The molecule has 9 aromatic rings. The van der Waals surface area contributed by atoms with Gasteiger partial charge in [-0.1, -0.05) is 24.3 Å². The fraction of sp³-hybridized carbons (Fsp3) is 0. The number of fused-ring (bicyclic) bond motifs is 5. The number of hydrogen-bond donors (Lipinski definition) is 0. The molecule has 0 saturated carbocycles. The van der Waals surface area contributed by atoms with Crippen LogP contribution in [-0.4, -0.2) is 31.0 Å². The first kappa shape index (κ1) is 29.2. The van der Waals surface area contributed by atoms with Crippen molar-refractivity contribution in [1.29, 1.82) is 0 Å². The van der Waals surface area contributed by atoms with Gasteiger partial charge in [0.2, 0.25) is 0 Å². The van der Waals surface area contributed by atoms with Crippen LogP contribution in [0, 0.1) is 0 Å². The quantitative estimate of drug-likeness (QED) is 0.133. The first-order valence-electron chi connectivity index (χ1n) is 16.3. The third-order valence-electron chi connectivity index (χ3n) is 9.21. The third-order valence-corrected chi connectivity index (χ3v) is 9.99. The Morgan fingerprint density at radius 1 is 0.327 bits per heavy atom. The summed E-state index contributed by atoms with van der Waals surface area (Å²) >= 11 is 2.74. The Morgan fingerprint density at radius 3 is 1.59 bits per heavy atom. The van der Waals surface area contributed by atoms with Gasteiger partial charge in [-0.15, -0.1) is 0 Å². The molecule has 0 aliphatic heterocycles. The Kier molecular flexibility index (Phi) is 7.31. The molecule has 1 aromatic heterocycles. The van der Waals surface area contributed by atoms with Crippen molar-refractivity contribution in [2.45, 2.75) is 0 Å². The Morgan fingerprint density at radius 2 is 0.857 bits per heavy atom. The summed E-state index contributed by atoms with van der Waals surface area (Å²) in [5.41, 5.74) is 7.40. The molecule has 0 bridgehead atoms. The molecule has 0 unspecified atom stereocenters. The molecule has 0 atom stereocenters. The monoisotopic (exact) mass is 691 g/mol. The van der Waals surface area contributed by atoms with Crippen LogP contribution >= 0.6 is 0 Å². The van der Waals surface area contributed by atoms with E-state index in [0.717, 1.165) is 37.8 Å². The van der Waals surface area contributed by atoms with Crippen molar-refractivity contribution < 1.29 is 0 Å². The van der Waals surface area contributed by atoms with Gasteiger partial charge in [0, 0.05) is 0 Å². The van der Waals surface area contributed by atoms with Crippen molar-refractivity contribution in [2.75, 3.05) is 0 Å². The van der Waals surface area contributed by atoms with Gasteiger partial charge in [0.05, 0.1) is 0 Å². The molecule has 0 aliphatic rings. The van der Waals surface area contributed by atoms with Gasteiger partial charge < -0.3 is 0 Å². The van der Waals surface area contributed by atoms with E-state index in [1.54, 1.807) is 0 Å². The van der Waals surface area contributed by atoms with Gasteiger partial charge in [-0.25, -0.2) is 0 Å². The fourth-order valence-corrected chi connectivity index (χ4v) is 7.53. The van der Waals surface area contributed by atoms with Gasteiger partial charge in [-0.3, -0.25) is 0 Å². The summed E-state index contributed by atoms with van der Waals surface area (Å²) in [7, 11) is 0. The third kappa shape index (κ3) is 5.38. The molecule has 49 heavy (non-hydrogen) atoms. The Hall–Kier alpha value is -5.93. The molecule has 4 heteroatoms. The van der Waals surface area contributed by atoms with Crippen LogP contribution in [0.25, 0.3) is 88.7 Å². The van der Waals surface area contributed by atoms with Crippen LogP contribution in [0.15, 0.2) is 170 Å². The van der Waals surface area contributed by atoms with Crippen LogP contribution in [0.2, 0.25) is 0 Å². The normalized spacial score (nSPS) is 11.4. The molecule has 8 aromatic carbocycles. The van der Waals surface area contributed by atoms with Crippen LogP contribution in [-0.2, 0) is 0 Å².